The van der Waals surface area contributed by atoms with Gasteiger partial charge in [0, 0.05) is 5.54 Å². The number of rotatable bonds is 1. The first-order chi connectivity index (χ1) is 5.83. The average Bonchev–Trinajstić information content (AvgIpc) is 2.58. The van der Waals surface area contributed by atoms with Crippen LogP contribution >= 0.6 is 0 Å². The van der Waals surface area contributed by atoms with Crippen LogP contribution in [0.1, 0.15) is 38.5 Å². The van der Waals surface area contributed by atoms with Gasteiger partial charge in [-0.05, 0) is 44.1 Å². The van der Waals surface area contributed by atoms with Crippen molar-refractivity contribution in [2.75, 3.05) is 7.05 Å². The van der Waals surface area contributed by atoms with E-state index in [-0.39, 0.29) is 0 Å². The molecule has 3 aliphatic rings. The van der Waals surface area contributed by atoms with Gasteiger partial charge in [-0.15, -0.1) is 0 Å². The Hall–Kier alpha value is -0.0400. The molecule has 3 fully saturated rings. The first-order valence-electron chi connectivity index (χ1n) is 5.52. The fraction of sp³-hybridized carbons (Fsp3) is 1.00. The number of fused-ring (bicyclic) bond motifs is 1. The highest BCUT2D eigenvalue weighted by Gasteiger charge is 2.55. The second kappa shape index (κ2) is 2.25. The molecule has 3 rings (SSSR count). The second-order valence-corrected chi connectivity index (χ2v) is 5.26. The monoisotopic (exact) mass is 165 g/mol. The van der Waals surface area contributed by atoms with E-state index in [0.717, 1.165) is 17.8 Å². The molecule has 12 heavy (non-hydrogen) atoms. The lowest BCUT2D eigenvalue weighted by molar-refractivity contribution is 0.147. The maximum absolute atomic E-state index is 3.60. The van der Waals surface area contributed by atoms with Crippen molar-refractivity contribution < 1.29 is 0 Å². The highest BCUT2D eigenvalue weighted by molar-refractivity contribution is 5.10. The summed E-state index contributed by atoms with van der Waals surface area (Å²) >= 11 is 0. The lowest BCUT2D eigenvalue weighted by Crippen LogP contribution is -2.41. The molecule has 3 aliphatic carbocycles. The molecule has 1 heteroatoms. The van der Waals surface area contributed by atoms with Crippen LogP contribution in [-0.4, -0.2) is 12.6 Å². The zero-order chi connectivity index (χ0) is 8.18. The molecule has 0 aliphatic heterocycles. The SMILES string of the molecule is CNC12CC3CCCC(C1)C3C2. The maximum Gasteiger partial charge on any atom is 0.0186 e. The summed E-state index contributed by atoms with van der Waals surface area (Å²) in [5, 5.41) is 3.60. The van der Waals surface area contributed by atoms with E-state index in [4.69, 9.17) is 0 Å². The van der Waals surface area contributed by atoms with Gasteiger partial charge in [0.2, 0.25) is 0 Å². The van der Waals surface area contributed by atoms with Crippen LogP contribution in [0.3, 0.4) is 0 Å². The van der Waals surface area contributed by atoms with E-state index in [0.29, 0.717) is 5.54 Å². The van der Waals surface area contributed by atoms with E-state index in [1.807, 2.05) is 0 Å². The molecule has 3 saturated carbocycles. The van der Waals surface area contributed by atoms with Gasteiger partial charge in [0.25, 0.3) is 0 Å². The lowest BCUT2D eigenvalue weighted by atomic mass is 9.70. The molecule has 1 nitrogen and oxygen atoms in total. The molecule has 0 aromatic rings. The second-order valence-electron chi connectivity index (χ2n) is 5.26. The van der Waals surface area contributed by atoms with Gasteiger partial charge in [0.1, 0.15) is 0 Å². The molecule has 0 spiro atoms. The minimum Gasteiger partial charge on any atom is -0.314 e. The third kappa shape index (κ3) is 0.783. The number of hydrogen-bond acceptors (Lipinski definition) is 1. The van der Waals surface area contributed by atoms with Gasteiger partial charge in [0.15, 0.2) is 0 Å². The fourth-order valence-corrected chi connectivity index (χ4v) is 4.31. The molecule has 1 N–H and O–H groups in total. The van der Waals surface area contributed by atoms with Crippen molar-refractivity contribution in [3.8, 4) is 0 Å². The molecule has 2 bridgehead atoms. The predicted octanol–water partition coefficient (Wildman–Crippen LogP) is 2.17. The summed E-state index contributed by atoms with van der Waals surface area (Å²) in [6.07, 6.45) is 9.06. The Morgan fingerprint density at radius 2 is 1.75 bits per heavy atom. The van der Waals surface area contributed by atoms with Gasteiger partial charge >= 0.3 is 0 Å². The summed E-state index contributed by atoms with van der Waals surface area (Å²) < 4.78 is 0. The Morgan fingerprint density at radius 3 is 2.17 bits per heavy atom. The molecule has 0 radical (unpaired) electrons. The van der Waals surface area contributed by atoms with Crippen LogP contribution in [0.15, 0.2) is 0 Å². The molecule has 0 aromatic carbocycles. The molecule has 2 unspecified atom stereocenters. The van der Waals surface area contributed by atoms with E-state index >= 15 is 0 Å². The molecule has 0 aromatic heterocycles. The van der Waals surface area contributed by atoms with E-state index in [1.54, 1.807) is 0 Å². The van der Waals surface area contributed by atoms with Crippen LogP contribution in [0.25, 0.3) is 0 Å². The van der Waals surface area contributed by atoms with Crippen LogP contribution in [-0.2, 0) is 0 Å². The van der Waals surface area contributed by atoms with Crippen LogP contribution in [0.4, 0.5) is 0 Å². The molecule has 2 atom stereocenters. The van der Waals surface area contributed by atoms with Crippen molar-refractivity contribution >= 4 is 0 Å². The minimum atomic E-state index is 0.598. The van der Waals surface area contributed by atoms with Gasteiger partial charge in [-0.1, -0.05) is 19.3 Å². The van der Waals surface area contributed by atoms with Gasteiger partial charge in [-0.3, -0.25) is 0 Å². The minimum absolute atomic E-state index is 0.598. The van der Waals surface area contributed by atoms with E-state index in [9.17, 15) is 0 Å². The largest absolute Gasteiger partial charge is 0.314 e. The van der Waals surface area contributed by atoms with Gasteiger partial charge in [0.05, 0.1) is 0 Å². The molecule has 0 saturated heterocycles. The quantitative estimate of drug-likeness (QED) is 0.628. The first-order valence-corrected chi connectivity index (χ1v) is 5.52. The van der Waals surface area contributed by atoms with Crippen molar-refractivity contribution in [2.45, 2.75) is 44.1 Å². The van der Waals surface area contributed by atoms with E-state index < -0.39 is 0 Å². The Kier molecular flexibility index (Phi) is 1.39. The molecular formula is C11H19N. The summed E-state index contributed by atoms with van der Waals surface area (Å²) in [6.45, 7) is 0. The number of hydrogen-bond donors (Lipinski definition) is 1. The fourth-order valence-electron chi connectivity index (χ4n) is 4.31. The van der Waals surface area contributed by atoms with Gasteiger partial charge in [-0.2, -0.15) is 0 Å². The maximum atomic E-state index is 3.60. The summed E-state index contributed by atoms with van der Waals surface area (Å²) in [7, 11) is 2.17. The summed E-state index contributed by atoms with van der Waals surface area (Å²) in [5.74, 6) is 3.32. The van der Waals surface area contributed by atoms with Crippen molar-refractivity contribution in [1.82, 2.24) is 5.32 Å². The Balaban J connectivity index is 1.89. The Labute approximate surface area is 74.9 Å². The first kappa shape index (κ1) is 7.37. The van der Waals surface area contributed by atoms with E-state index in [1.165, 1.54) is 38.5 Å². The van der Waals surface area contributed by atoms with Crippen molar-refractivity contribution in [2.24, 2.45) is 17.8 Å². The predicted molar refractivity (Wildman–Crippen MR) is 50.0 cm³/mol. The third-order valence-electron chi connectivity index (χ3n) is 4.82. The average molecular weight is 165 g/mol. The lowest BCUT2D eigenvalue weighted by Gasteiger charge is -2.38. The summed E-state index contributed by atoms with van der Waals surface area (Å²) in [4.78, 5) is 0. The smallest absolute Gasteiger partial charge is 0.0186 e. The number of nitrogens with one attached hydrogen (secondary N) is 1. The molecule has 0 amide bonds. The zero-order valence-corrected chi connectivity index (χ0v) is 7.97. The molecule has 68 valence electrons. The van der Waals surface area contributed by atoms with Crippen molar-refractivity contribution in [3.63, 3.8) is 0 Å². The highest BCUT2D eigenvalue weighted by Crippen LogP contribution is 2.59. The highest BCUT2D eigenvalue weighted by atomic mass is 15.0. The van der Waals surface area contributed by atoms with Crippen LogP contribution in [0.2, 0.25) is 0 Å². The van der Waals surface area contributed by atoms with Crippen LogP contribution in [0.5, 0.6) is 0 Å². The van der Waals surface area contributed by atoms with Crippen molar-refractivity contribution in [3.05, 3.63) is 0 Å². The summed E-state index contributed by atoms with van der Waals surface area (Å²) in [5.41, 5.74) is 0.598. The van der Waals surface area contributed by atoms with Crippen LogP contribution in [0, 0.1) is 17.8 Å². The van der Waals surface area contributed by atoms with Gasteiger partial charge < -0.3 is 5.32 Å². The Bertz CT molecular complexity index is 180. The molecule has 0 heterocycles. The summed E-state index contributed by atoms with van der Waals surface area (Å²) in [6, 6.07) is 0. The normalized spacial score (nSPS) is 56.2. The van der Waals surface area contributed by atoms with E-state index in [2.05, 4.69) is 12.4 Å². The van der Waals surface area contributed by atoms with Gasteiger partial charge in [-0.25, -0.2) is 0 Å². The third-order valence-corrected chi connectivity index (χ3v) is 4.82. The molecular weight excluding hydrogens is 146 g/mol. The van der Waals surface area contributed by atoms with Crippen LogP contribution < -0.4 is 5.32 Å². The standard InChI is InChI=1S/C11H19N/c1-12-11-5-8-3-2-4-9(6-11)10(8)7-11/h8-10,12H,2-7H2,1H3. The van der Waals surface area contributed by atoms with Crippen molar-refractivity contribution in [1.29, 1.82) is 0 Å². The Morgan fingerprint density at radius 1 is 1.08 bits per heavy atom. The zero-order valence-electron chi connectivity index (χ0n) is 7.97. The topological polar surface area (TPSA) is 12.0 Å².